The van der Waals surface area contributed by atoms with Gasteiger partial charge in [0.25, 0.3) is 0 Å². The minimum atomic E-state index is 0.322. The number of hydrogen-bond donors (Lipinski definition) is 0. The van der Waals surface area contributed by atoms with E-state index in [2.05, 4.69) is 44.1 Å². The molecule has 2 nitrogen and oxygen atoms in total. The number of piperazine rings is 1. The van der Waals surface area contributed by atoms with E-state index in [0.717, 1.165) is 12.8 Å². The lowest BCUT2D eigenvalue weighted by Crippen LogP contribution is -2.53. The van der Waals surface area contributed by atoms with Crippen LogP contribution in [0.5, 0.6) is 0 Å². The monoisotopic (exact) mass is 248 g/mol. The van der Waals surface area contributed by atoms with Gasteiger partial charge in [0.05, 0.1) is 0 Å². The molecule has 1 aliphatic carbocycles. The Labute approximate surface area is 112 Å². The Morgan fingerprint density at radius 2 is 1.67 bits per heavy atom. The average Bonchev–Trinajstić information content (AvgIpc) is 2.57. The maximum Gasteiger partial charge on any atom is 0.0199 e. The van der Waals surface area contributed by atoms with Gasteiger partial charge in [-0.2, -0.15) is 0 Å². The second-order valence-corrected chi connectivity index (χ2v) is 6.92. The predicted octanol–water partition coefficient (Wildman–Crippen LogP) is 3.07. The van der Waals surface area contributed by atoms with Crippen molar-refractivity contribution in [3.63, 3.8) is 0 Å². The summed E-state index contributed by atoms with van der Waals surface area (Å²) in [5, 5.41) is 0. The zero-order valence-corrected chi connectivity index (χ0v) is 12.6. The van der Waals surface area contributed by atoms with Crippen LogP contribution in [-0.4, -0.2) is 48.1 Å². The van der Waals surface area contributed by atoms with Crippen molar-refractivity contribution >= 4 is 0 Å². The molecule has 0 radical (unpaired) electrons. The largest absolute Gasteiger partial charge is 0.297 e. The first-order valence-corrected chi connectivity index (χ1v) is 7.18. The highest BCUT2D eigenvalue weighted by Crippen LogP contribution is 2.30. The Morgan fingerprint density at radius 3 is 2.11 bits per heavy atom. The van der Waals surface area contributed by atoms with Crippen LogP contribution in [0, 0.1) is 0 Å². The van der Waals surface area contributed by atoms with Gasteiger partial charge in [-0.05, 0) is 40.5 Å². The van der Waals surface area contributed by atoms with Crippen LogP contribution < -0.4 is 0 Å². The Balaban J connectivity index is 1.84. The van der Waals surface area contributed by atoms with Crippen LogP contribution in [0.1, 0.15) is 40.5 Å². The molecule has 2 rings (SSSR count). The summed E-state index contributed by atoms with van der Waals surface area (Å²) in [6.45, 7) is 19.3. The maximum atomic E-state index is 4.12. The molecule has 0 spiro atoms. The van der Waals surface area contributed by atoms with E-state index in [0.29, 0.717) is 5.54 Å². The molecule has 0 aromatic rings. The van der Waals surface area contributed by atoms with Crippen molar-refractivity contribution in [3.05, 3.63) is 23.3 Å². The van der Waals surface area contributed by atoms with Crippen LogP contribution in [-0.2, 0) is 0 Å². The molecule has 102 valence electrons. The van der Waals surface area contributed by atoms with Gasteiger partial charge < -0.3 is 0 Å². The standard InChI is InChI=1S/C16H28N2/c1-13-10-14(2)15(11-13)12-17-6-8-18(9-7-17)16(3,4)5/h1,6-12H2,2-5H3. The van der Waals surface area contributed by atoms with Crippen molar-refractivity contribution < 1.29 is 0 Å². The molecule has 1 saturated heterocycles. The predicted molar refractivity (Wildman–Crippen MR) is 78.8 cm³/mol. The molecule has 0 bridgehead atoms. The molecule has 0 N–H and O–H groups in total. The summed E-state index contributed by atoms with van der Waals surface area (Å²) in [7, 11) is 0. The molecule has 0 aromatic carbocycles. The summed E-state index contributed by atoms with van der Waals surface area (Å²) in [5.41, 5.74) is 4.92. The first-order chi connectivity index (χ1) is 8.36. The third-order valence-corrected chi connectivity index (χ3v) is 4.32. The summed E-state index contributed by atoms with van der Waals surface area (Å²) < 4.78 is 0. The second kappa shape index (κ2) is 5.18. The molecule has 0 atom stereocenters. The fourth-order valence-corrected chi connectivity index (χ4v) is 3.05. The van der Waals surface area contributed by atoms with Crippen LogP contribution in [0.25, 0.3) is 0 Å². The highest BCUT2D eigenvalue weighted by molar-refractivity contribution is 5.31. The van der Waals surface area contributed by atoms with Gasteiger partial charge in [0.2, 0.25) is 0 Å². The molecule has 2 aliphatic rings. The minimum Gasteiger partial charge on any atom is -0.297 e. The van der Waals surface area contributed by atoms with Crippen LogP contribution in [0.15, 0.2) is 23.3 Å². The maximum absolute atomic E-state index is 4.12. The fraction of sp³-hybridized carbons (Fsp3) is 0.750. The van der Waals surface area contributed by atoms with E-state index < -0.39 is 0 Å². The van der Waals surface area contributed by atoms with E-state index in [4.69, 9.17) is 0 Å². The van der Waals surface area contributed by atoms with Gasteiger partial charge in [-0.3, -0.25) is 9.80 Å². The number of rotatable bonds is 2. The summed E-state index contributed by atoms with van der Waals surface area (Å²) in [6.07, 6.45) is 2.28. The van der Waals surface area contributed by atoms with E-state index >= 15 is 0 Å². The second-order valence-electron chi connectivity index (χ2n) is 6.92. The molecule has 0 aromatic heterocycles. The number of hydrogen-bond acceptors (Lipinski definition) is 2. The first kappa shape index (κ1) is 13.8. The van der Waals surface area contributed by atoms with E-state index in [1.54, 1.807) is 11.1 Å². The van der Waals surface area contributed by atoms with Crippen molar-refractivity contribution in [1.82, 2.24) is 9.80 Å². The third kappa shape index (κ3) is 3.24. The number of allylic oxidation sites excluding steroid dienone is 2. The van der Waals surface area contributed by atoms with Crippen molar-refractivity contribution in [2.75, 3.05) is 32.7 Å². The molecule has 1 heterocycles. The van der Waals surface area contributed by atoms with E-state index in [9.17, 15) is 0 Å². The Hall–Kier alpha value is -0.600. The van der Waals surface area contributed by atoms with Gasteiger partial charge in [-0.25, -0.2) is 0 Å². The normalized spacial score (nSPS) is 24.1. The summed E-state index contributed by atoms with van der Waals surface area (Å²) in [4.78, 5) is 5.21. The van der Waals surface area contributed by atoms with Gasteiger partial charge >= 0.3 is 0 Å². The van der Waals surface area contributed by atoms with E-state index in [-0.39, 0.29) is 0 Å². The topological polar surface area (TPSA) is 6.48 Å². The molecule has 18 heavy (non-hydrogen) atoms. The number of nitrogens with zero attached hydrogens (tertiary/aromatic N) is 2. The fourth-order valence-electron chi connectivity index (χ4n) is 3.05. The van der Waals surface area contributed by atoms with Crippen molar-refractivity contribution in [1.29, 1.82) is 0 Å². The van der Waals surface area contributed by atoms with Crippen LogP contribution in [0.4, 0.5) is 0 Å². The molecule has 0 amide bonds. The highest BCUT2D eigenvalue weighted by atomic mass is 15.3. The molecular weight excluding hydrogens is 220 g/mol. The lowest BCUT2D eigenvalue weighted by molar-refractivity contribution is 0.0662. The SMILES string of the molecule is C=C1CC(C)=C(CN2CCN(C(C)(C)C)CC2)C1. The lowest BCUT2D eigenvalue weighted by atomic mass is 10.0. The van der Waals surface area contributed by atoms with Crippen molar-refractivity contribution in [3.8, 4) is 0 Å². The minimum absolute atomic E-state index is 0.322. The van der Waals surface area contributed by atoms with Gasteiger partial charge in [-0.1, -0.05) is 23.3 Å². The zero-order chi connectivity index (χ0) is 13.3. The van der Waals surface area contributed by atoms with E-state index in [1.807, 2.05) is 0 Å². The van der Waals surface area contributed by atoms with Crippen molar-refractivity contribution in [2.24, 2.45) is 0 Å². The van der Waals surface area contributed by atoms with Crippen LogP contribution >= 0.6 is 0 Å². The molecular formula is C16H28N2. The quantitative estimate of drug-likeness (QED) is 0.693. The molecule has 0 unspecified atom stereocenters. The van der Waals surface area contributed by atoms with Gasteiger partial charge in [0.1, 0.15) is 0 Å². The van der Waals surface area contributed by atoms with Crippen LogP contribution in [0.3, 0.4) is 0 Å². The summed E-state index contributed by atoms with van der Waals surface area (Å²) in [5.74, 6) is 0. The molecule has 0 saturated carbocycles. The van der Waals surface area contributed by atoms with Crippen LogP contribution in [0.2, 0.25) is 0 Å². The Morgan fingerprint density at radius 1 is 1.06 bits per heavy atom. The first-order valence-electron chi connectivity index (χ1n) is 7.18. The lowest BCUT2D eigenvalue weighted by Gasteiger charge is -2.42. The van der Waals surface area contributed by atoms with Gasteiger partial charge in [-0.15, -0.1) is 0 Å². The zero-order valence-electron chi connectivity index (χ0n) is 12.6. The molecule has 2 heteroatoms. The smallest absolute Gasteiger partial charge is 0.0199 e. The summed E-state index contributed by atoms with van der Waals surface area (Å²) in [6, 6.07) is 0. The highest BCUT2D eigenvalue weighted by Gasteiger charge is 2.26. The van der Waals surface area contributed by atoms with Gasteiger partial charge in [0, 0.05) is 38.3 Å². The Bertz CT molecular complexity index is 352. The van der Waals surface area contributed by atoms with Gasteiger partial charge in [0.15, 0.2) is 0 Å². The van der Waals surface area contributed by atoms with Crippen molar-refractivity contribution in [2.45, 2.75) is 46.1 Å². The third-order valence-electron chi connectivity index (χ3n) is 4.32. The summed E-state index contributed by atoms with van der Waals surface area (Å²) >= 11 is 0. The molecule has 1 aliphatic heterocycles. The average molecular weight is 248 g/mol. The van der Waals surface area contributed by atoms with E-state index in [1.165, 1.54) is 38.3 Å². The molecule has 1 fully saturated rings. The Kier molecular flexibility index (Phi) is 3.98.